The van der Waals surface area contributed by atoms with E-state index in [1.54, 1.807) is 0 Å². The van der Waals surface area contributed by atoms with Crippen molar-refractivity contribution in [2.75, 3.05) is 0 Å². The van der Waals surface area contributed by atoms with E-state index < -0.39 is 0 Å². The van der Waals surface area contributed by atoms with Gasteiger partial charge in [-0.05, 0) is 5.56 Å². The standard InChI is InChI=1S/C9H8NOS/c11-9(10-7-12)6-8-4-2-1-3-5-8/h1-5H,6H2,(H,10,11,12). The Bertz CT molecular complexity index is 271. The molecule has 1 N–H and O–H groups in total. The van der Waals surface area contributed by atoms with Gasteiger partial charge in [0, 0.05) is 0 Å². The molecule has 0 saturated heterocycles. The Hall–Kier alpha value is -1.22. The van der Waals surface area contributed by atoms with E-state index in [2.05, 4.69) is 23.0 Å². The summed E-state index contributed by atoms with van der Waals surface area (Å²) in [4.78, 5) is 11.0. The minimum atomic E-state index is -0.129. The second kappa shape index (κ2) is 4.62. The Morgan fingerprint density at radius 3 is 2.67 bits per heavy atom. The van der Waals surface area contributed by atoms with Crippen molar-refractivity contribution in [1.29, 1.82) is 0 Å². The van der Waals surface area contributed by atoms with Crippen molar-refractivity contribution in [3.05, 3.63) is 35.9 Å². The van der Waals surface area contributed by atoms with E-state index in [4.69, 9.17) is 0 Å². The summed E-state index contributed by atoms with van der Waals surface area (Å²) in [6.07, 6.45) is 0.352. The number of nitrogens with one attached hydrogen (secondary N) is 1. The minimum absolute atomic E-state index is 0.129. The Morgan fingerprint density at radius 2 is 2.08 bits per heavy atom. The highest BCUT2D eigenvalue weighted by Gasteiger charge is 1.99. The number of hydrogen-bond acceptors (Lipinski definition) is 2. The molecule has 2 nitrogen and oxygen atoms in total. The van der Waals surface area contributed by atoms with E-state index in [0.29, 0.717) is 6.42 Å². The van der Waals surface area contributed by atoms with Crippen LogP contribution in [0, 0.1) is 0 Å². The normalized spacial score (nSPS) is 9.00. The third-order valence-electron chi connectivity index (χ3n) is 1.40. The first kappa shape index (κ1) is 8.87. The lowest BCUT2D eigenvalue weighted by atomic mass is 10.1. The van der Waals surface area contributed by atoms with Crippen LogP contribution >= 0.6 is 12.2 Å². The van der Waals surface area contributed by atoms with Crippen LogP contribution in [0.2, 0.25) is 0 Å². The van der Waals surface area contributed by atoms with Crippen LogP contribution in [-0.2, 0) is 11.2 Å². The summed E-state index contributed by atoms with van der Waals surface area (Å²) in [5.74, 6) is -0.129. The van der Waals surface area contributed by atoms with Crippen LogP contribution in [0.4, 0.5) is 0 Å². The fourth-order valence-corrected chi connectivity index (χ4v) is 0.996. The largest absolute Gasteiger partial charge is 0.314 e. The smallest absolute Gasteiger partial charge is 0.229 e. The predicted octanol–water partition coefficient (Wildman–Crippen LogP) is 1.18. The molecule has 1 radical (unpaired) electrons. The highest BCUT2D eigenvalue weighted by atomic mass is 32.1. The molecule has 3 heteroatoms. The van der Waals surface area contributed by atoms with Crippen molar-refractivity contribution in [2.24, 2.45) is 0 Å². The van der Waals surface area contributed by atoms with E-state index in [1.807, 2.05) is 30.3 Å². The van der Waals surface area contributed by atoms with Crippen LogP contribution < -0.4 is 5.32 Å². The minimum Gasteiger partial charge on any atom is -0.314 e. The molecule has 0 unspecified atom stereocenters. The summed E-state index contributed by atoms with van der Waals surface area (Å²) in [7, 11) is 0. The zero-order valence-corrected chi connectivity index (χ0v) is 7.23. The van der Waals surface area contributed by atoms with E-state index in [-0.39, 0.29) is 5.91 Å². The summed E-state index contributed by atoms with van der Waals surface area (Å²) >= 11 is 4.36. The van der Waals surface area contributed by atoms with Crippen molar-refractivity contribution >= 4 is 23.6 Å². The number of carbonyl (C=O) groups excluding carboxylic acids is 1. The second-order valence-corrected chi connectivity index (χ2v) is 2.52. The molecule has 0 aromatic heterocycles. The van der Waals surface area contributed by atoms with Crippen molar-refractivity contribution in [3.63, 3.8) is 0 Å². The van der Waals surface area contributed by atoms with Gasteiger partial charge in [-0.2, -0.15) is 0 Å². The monoisotopic (exact) mass is 178 g/mol. The Kier molecular flexibility index (Phi) is 3.41. The van der Waals surface area contributed by atoms with Gasteiger partial charge < -0.3 is 5.32 Å². The van der Waals surface area contributed by atoms with Gasteiger partial charge >= 0.3 is 0 Å². The average molecular weight is 178 g/mol. The third kappa shape index (κ3) is 2.80. The Labute approximate surface area is 76.6 Å². The van der Waals surface area contributed by atoms with Gasteiger partial charge in [-0.3, -0.25) is 4.79 Å². The van der Waals surface area contributed by atoms with Gasteiger partial charge in [-0.25, -0.2) is 0 Å². The molecular weight excluding hydrogens is 170 g/mol. The first-order valence-electron chi connectivity index (χ1n) is 3.53. The van der Waals surface area contributed by atoms with E-state index in [0.717, 1.165) is 5.56 Å². The molecule has 0 spiro atoms. The van der Waals surface area contributed by atoms with Gasteiger partial charge in [0.1, 0.15) is 5.49 Å². The second-order valence-electron chi connectivity index (χ2n) is 2.31. The lowest BCUT2D eigenvalue weighted by Gasteiger charge is -1.97. The Morgan fingerprint density at radius 1 is 1.42 bits per heavy atom. The lowest BCUT2D eigenvalue weighted by Crippen LogP contribution is -2.22. The molecular formula is C9H8NOS. The van der Waals surface area contributed by atoms with Gasteiger partial charge in [0.2, 0.25) is 5.91 Å². The maximum Gasteiger partial charge on any atom is 0.229 e. The van der Waals surface area contributed by atoms with Crippen LogP contribution in [0.3, 0.4) is 0 Å². The summed E-state index contributed by atoms with van der Waals surface area (Å²) in [5.41, 5.74) is 3.14. The molecule has 0 atom stereocenters. The molecule has 0 aliphatic carbocycles. The van der Waals surface area contributed by atoms with Crippen molar-refractivity contribution in [3.8, 4) is 0 Å². The number of amides is 1. The first-order valence-corrected chi connectivity index (χ1v) is 3.93. The zero-order valence-electron chi connectivity index (χ0n) is 6.41. The summed E-state index contributed by atoms with van der Waals surface area (Å²) < 4.78 is 0. The molecule has 1 rings (SSSR count). The van der Waals surface area contributed by atoms with Crippen LogP contribution in [0.15, 0.2) is 30.3 Å². The SMILES string of the molecule is O=C(Cc1ccccc1)N[C]=S. The molecule has 0 bridgehead atoms. The molecule has 0 aliphatic heterocycles. The molecule has 0 heterocycles. The lowest BCUT2D eigenvalue weighted by molar-refractivity contribution is -0.118. The molecule has 1 amide bonds. The van der Waals surface area contributed by atoms with Gasteiger partial charge in [-0.15, -0.1) is 0 Å². The zero-order chi connectivity index (χ0) is 8.81. The van der Waals surface area contributed by atoms with Gasteiger partial charge in [-0.1, -0.05) is 42.5 Å². The highest BCUT2D eigenvalue weighted by molar-refractivity contribution is 7.78. The van der Waals surface area contributed by atoms with Crippen LogP contribution in [0.25, 0.3) is 0 Å². The van der Waals surface area contributed by atoms with Gasteiger partial charge in [0.15, 0.2) is 0 Å². The number of rotatable bonds is 3. The van der Waals surface area contributed by atoms with Crippen molar-refractivity contribution < 1.29 is 4.79 Å². The van der Waals surface area contributed by atoms with E-state index >= 15 is 0 Å². The quantitative estimate of drug-likeness (QED) is 0.556. The number of benzene rings is 1. The number of carbonyl (C=O) groups is 1. The maximum atomic E-state index is 11.0. The summed E-state index contributed by atoms with van der Waals surface area (Å²) in [5, 5.41) is 2.32. The fourth-order valence-electron chi connectivity index (χ4n) is 0.882. The van der Waals surface area contributed by atoms with E-state index in [9.17, 15) is 4.79 Å². The van der Waals surface area contributed by atoms with Gasteiger partial charge in [0.25, 0.3) is 0 Å². The Balaban J connectivity index is 2.52. The van der Waals surface area contributed by atoms with E-state index in [1.165, 1.54) is 0 Å². The predicted molar refractivity (Wildman–Crippen MR) is 50.9 cm³/mol. The first-order chi connectivity index (χ1) is 5.83. The van der Waals surface area contributed by atoms with Crippen molar-refractivity contribution in [2.45, 2.75) is 6.42 Å². The van der Waals surface area contributed by atoms with Crippen LogP contribution in [-0.4, -0.2) is 11.4 Å². The number of hydrogen-bond donors (Lipinski definition) is 1. The molecule has 0 aliphatic rings. The third-order valence-corrected chi connectivity index (χ3v) is 1.50. The summed E-state index contributed by atoms with van der Waals surface area (Å²) in [6, 6.07) is 9.48. The number of thiocarbonyl (C=S) groups is 1. The fraction of sp³-hybridized carbons (Fsp3) is 0.111. The van der Waals surface area contributed by atoms with Gasteiger partial charge in [0.05, 0.1) is 6.42 Å². The summed E-state index contributed by atoms with van der Waals surface area (Å²) in [6.45, 7) is 0. The molecule has 0 fully saturated rings. The molecule has 12 heavy (non-hydrogen) atoms. The molecule has 1 aromatic carbocycles. The molecule has 1 aromatic rings. The van der Waals surface area contributed by atoms with Crippen molar-refractivity contribution in [1.82, 2.24) is 5.32 Å². The molecule has 61 valence electrons. The average Bonchev–Trinajstić information content (AvgIpc) is 2.06. The topological polar surface area (TPSA) is 29.1 Å². The maximum absolute atomic E-state index is 11.0. The highest BCUT2D eigenvalue weighted by Crippen LogP contribution is 1.98. The molecule has 0 saturated carbocycles. The van der Waals surface area contributed by atoms with Crippen LogP contribution in [0.5, 0.6) is 0 Å². The van der Waals surface area contributed by atoms with Crippen LogP contribution in [0.1, 0.15) is 5.56 Å².